The van der Waals surface area contributed by atoms with Crippen LogP contribution in [0.25, 0.3) is 0 Å². The van der Waals surface area contributed by atoms with Crippen LogP contribution in [0.4, 0.5) is 4.39 Å². The zero-order valence-electron chi connectivity index (χ0n) is 17.9. The highest BCUT2D eigenvalue weighted by Crippen LogP contribution is 2.49. The number of piperidine rings is 1. The molecule has 5 rings (SSSR count). The summed E-state index contributed by atoms with van der Waals surface area (Å²) in [6, 6.07) is 9.52. The Bertz CT molecular complexity index is 1030. The second-order valence-corrected chi connectivity index (χ2v) is 9.59. The molecule has 2 fully saturated rings. The van der Waals surface area contributed by atoms with Crippen molar-refractivity contribution in [3.63, 3.8) is 0 Å². The van der Waals surface area contributed by atoms with Crippen molar-refractivity contribution in [2.24, 2.45) is 0 Å². The van der Waals surface area contributed by atoms with Crippen molar-refractivity contribution >= 4 is 17.6 Å². The number of carboxylic acids is 1. The first-order valence-electron chi connectivity index (χ1n) is 11.3. The molecule has 2 aromatic carbocycles. The molecule has 1 saturated carbocycles. The molecular weight excluding hydrogens is 433 g/mol. The van der Waals surface area contributed by atoms with Crippen molar-refractivity contribution in [1.29, 1.82) is 0 Å². The highest BCUT2D eigenvalue weighted by atomic mass is 35.5. The Morgan fingerprint density at radius 3 is 2.75 bits per heavy atom. The predicted molar refractivity (Wildman–Crippen MR) is 119 cm³/mol. The lowest BCUT2D eigenvalue weighted by Gasteiger charge is -2.38. The second-order valence-electron chi connectivity index (χ2n) is 9.18. The number of benzene rings is 2. The van der Waals surface area contributed by atoms with Crippen LogP contribution in [0.5, 0.6) is 11.5 Å². The molecule has 0 atom stereocenters. The second kappa shape index (κ2) is 8.56. The summed E-state index contributed by atoms with van der Waals surface area (Å²) in [5.74, 6) is -0.227. The molecule has 170 valence electrons. The first-order valence-corrected chi connectivity index (χ1v) is 11.6. The molecule has 1 spiro atoms. The number of fused-ring (bicyclic) bond motifs is 2. The number of hydrogen-bond acceptors (Lipinski definition) is 4. The smallest absolute Gasteiger partial charge is 0.304 e. The van der Waals surface area contributed by atoms with E-state index in [2.05, 4.69) is 11.0 Å². The molecule has 2 aliphatic heterocycles. The van der Waals surface area contributed by atoms with E-state index in [0.29, 0.717) is 29.8 Å². The van der Waals surface area contributed by atoms with Crippen molar-refractivity contribution in [3.8, 4) is 11.5 Å². The predicted octanol–water partition coefficient (Wildman–Crippen LogP) is 5.14. The van der Waals surface area contributed by atoms with Crippen molar-refractivity contribution in [1.82, 2.24) is 4.90 Å². The normalized spacial score (nSPS) is 19.6. The topological polar surface area (TPSA) is 59.0 Å². The van der Waals surface area contributed by atoms with Gasteiger partial charge in [-0.25, -0.2) is 0 Å². The minimum absolute atomic E-state index is 0.142. The van der Waals surface area contributed by atoms with Gasteiger partial charge in [0.25, 0.3) is 0 Å². The van der Waals surface area contributed by atoms with Crippen molar-refractivity contribution in [2.45, 2.75) is 50.0 Å². The Labute approximate surface area is 192 Å². The number of rotatable bonds is 7. The Morgan fingerprint density at radius 2 is 2.03 bits per heavy atom. The lowest BCUT2D eigenvalue weighted by atomic mass is 9.74. The third-order valence-corrected chi connectivity index (χ3v) is 7.48. The summed E-state index contributed by atoms with van der Waals surface area (Å²) in [7, 11) is 0. The van der Waals surface area contributed by atoms with Crippen LogP contribution in [-0.4, -0.2) is 42.2 Å². The molecule has 32 heavy (non-hydrogen) atoms. The maximum absolute atomic E-state index is 15.3. The standard InChI is InChI=1S/C25H27ClFNO4/c26-20-3-1-2-17(16-4-5-16)18(20)14-31-21-7-6-19-24(23(21)27)32-15-25(19)9-12-28(13-10-25)11-8-22(29)30/h1-3,6-7,16H,4-5,8-15H2,(H,29,30). The number of nitrogens with zero attached hydrogens (tertiary/aromatic N) is 1. The molecule has 3 aliphatic rings. The van der Waals surface area contributed by atoms with E-state index in [1.54, 1.807) is 6.07 Å². The van der Waals surface area contributed by atoms with Crippen LogP contribution in [0.1, 0.15) is 54.7 Å². The Kier molecular flexibility index (Phi) is 5.76. The average molecular weight is 460 g/mol. The fourth-order valence-electron chi connectivity index (χ4n) is 5.02. The van der Waals surface area contributed by atoms with E-state index in [-0.39, 0.29) is 24.2 Å². The fraction of sp³-hybridized carbons (Fsp3) is 0.480. The van der Waals surface area contributed by atoms with E-state index >= 15 is 4.39 Å². The van der Waals surface area contributed by atoms with E-state index in [1.165, 1.54) is 5.56 Å². The van der Waals surface area contributed by atoms with Crippen LogP contribution in [0.15, 0.2) is 30.3 Å². The van der Waals surface area contributed by atoms with Gasteiger partial charge in [-0.2, -0.15) is 4.39 Å². The van der Waals surface area contributed by atoms with E-state index in [1.807, 2.05) is 18.2 Å². The molecule has 5 nitrogen and oxygen atoms in total. The minimum atomic E-state index is -0.782. The van der Waals surface area contributed by atoms with Gasteiger partial charge in [0.2, 0.25) is 5.82 Å². The number of ether oxygens (including phenoxy) is 2. The molecule has 0 aromatic heterocycles. The van der Waals surface area contributed by atoms with Crippen molar-refractivity contribution in [3.05, 3.63) is 57.9 Å². The van der Waals surface area contributed by atoms with Gasteiger partial charge in [0.05, 0.1) is 13.0 Å². The summed E-state index contributed by atoms with van der Waals surface area (Å²) < 4.78 is 27.1. The van der Waals surface area contributed by atoms with Gasteiger partial charge in [-0.1, -0.05) is 29.8 Å². The number of hydrogen-bond donors (Lipinski definition) is 1. The molecule has 0 amide bonds. The quantitative estimate of drug-likeness (QED) is 0.621. The fourth-order valence-corrected chi connectivity index (χ4v) is 5.26. The molecule has 0 bridgehead atoms. The summed E-state index contributed by atoms with van der Waals surface area (Å²) in [5, 5.41) is 9.56. The largest absolute Gasteiger partial charge is 0.489 e. The van der Waals surface area contributed by atoms with Gasteiger partial charge < -0.3 is 19.5 Å². The highest BCUT2D eigenvalue weighted by molar-refractivity contribution is 6.31. The Hall–Kier alpha value is -2.31. The SMILES string of the molecule is O=C(O)CCN1CCC2(CC1)COc1c2ccc(OCc2c(Cl)cccc2C2CC2)c1F. The first kappa shape index (κ1) is 21.5. The zero-order chi connectivity index (χ0) is 22.3. The summed E-state index contributed by atoms with van der Waals surface area (Å²) in [4.78, 5) is 13.0. The maximum atomic E-state index is 15.3. The summed E-state index contributed by atoms with van der Waals surface area (Å²) >= 11 is 6.41. The molecule has 1 saturated heterocycles. The van der Waals surface area contributed by atoms with Crippen molar-refractivity contribution < 1.29 is 23.8 Å². The molecule has 1 aliphatic carbocycles. The number of carboxylic acid groups (broad SMARTS) is 1. The van der Waals surface area contributed by atoms with Crippen LogP contribution in [0.3, 0.4) is 0 Å². The monoisotopic (exact) mass is 459 g/mol. The van der Waals surface area contributed by atoms with Gasteiger partial charge in [-0.15, -0.1) is 0 Å². The lowest BCUT2D eigenvalue weighted by molar-refractivity contribution is -0.137. The summed E-state index contributed by atoms with van der Waals surface area (Å²) in [6.07, 6.45) is 4.10. The molecular formula is C25H27ClFNO4. The molecule has 1 N–H and O–H groups in total. The van der Waals surface area contributed by atoms with Crippen LogP contribution in [0, 0.1) is 5.82 Å². The average Bonchev–Trinajstić information content (AvgIpc) is 3.57. The first-order chi connectivity index (χ1) is 15.5. The van der Waals surface area contributed by atoms with Gasteiger partial charge in [-0.05, 0) is 62.4 Å². The van der Waals surface area contributed by atoms with E-state index in [0.717, 1.165) is 49.9 Å². The molecule has 2 aromatic rings. The van der Waals surface area contributed by atoms with Crippen molar-refractivity contribution in [2.75, 3.05) is 26.2 Å². The molecule has 0 unspecified atom stereocenters. The molecule has 0 radical (unpaired) electrons. The molecule has 7 heteroatoms. The number of likely N-dealkylation sites (tertiary alicyclic amines) is 1. The summed E-state index contributed by atoms with van der Waals surface area (Å²) in [6.45, 7) is 2.79. The van der Waals surface area contributed by atoms with Gasteiger partial charge in [0.1, 0.15) is 6.61 Å². The number of carbonyl (C=O) groups is 1. The molecule has 2 heterocycles. The third kappa shape index (κ3) is 4.06. The lowest BCUT2D eigenvalue weighted by Crippen LogP contribution is -2.44. The van der Waals surface area contributed by atoms with E-state index in [4.69, 9.17) is 26.2 Å². The van der Waals surface area contributed by atoms with E-state index < -0.39 is 11.8 Å². The van der Waals surface area contributed by atoms with Crippen LogP contribution >= 0.6 is 11.6 Å². The van der Waals surface area contributed by atoms with Crippen LogP contribution in [-0.2, 0) is 16.8 Å². The number of halogens is 2. The van der Waals surface area contributed by atoms with E-state index in [9.17, 15) is 4.79 Å². The zero-order valence-corrected chi connectivity index (χ0v) is 18.7. The maximum Gasteiger partial charge on any atom is 0.304 e. The minimum Gasteiger partial charge on any atom is -0.489 e. The van der Waals surface area contributed by atoms with Gasteiger partial charge in [-0.3, -0.25) is 4.79 Å². The Balaban J connectivity index is 1.29. The highest BCUT2D eigenvalue weighted by Gasteiger charge is 2.44. The summed E-state index contributed by atoms with van der Waals surface area (Å²) in [5.41, 5.74) is 2.82. The van der Waals surface area contributed by atoms with Gasteiger partial charge in [0.15, 0.2) is 11.5 Å². The number of aliphatic carboxylic acids is 1. The van der Waals surface area contributed by atoms with Gasteiger partial charge in [0, 0.05) is 28.1 Å². The van der Waals surface area contributed by atoms with Crippen LogP contribution < -0.4 is 9.47 Å². The third-order valence-electron chi connectivity index (χ3n) is 7.13. The van der Waals surface area contributed by atoms with Crippen LogP contribution in [0.2, 0.25) is 5.02 Å². The Morgan fingerprint density at radius 1 is 1.25 bits per heavy atom. The van der Waals surface area contributed by atoms with Gasteiger partial charge >= 0.3 is 5.97 Å².